The summed E-state index contributed by atoms with van der Waals surface area (Å²) < 4.78 is 18.5. The van der Waals surface area contributed by atoms with Gasteiger partial charge in [0.2, 0.25) is 0 Å². The van der Waals surface area contributed by atoms with Gasteiger partial charge in [-0.3, -0.25) is 0 Å². The molecule has 0 radical (unpaired) electrons. The van der Waals surface area contributed by atoms with Crippen LogP contribution in [0.15, 0.2) is 42.7 Å². The van der Waals surface area contributed by atoms with E-state index in [0.717, 1.165) is 61.1 Å². The Kier molecular flexibility index (Phi) is 4.67. The maximum Gasteiger partial charge on any atom is 0.148 e. The van der Waals surface area contributed by atoms with Gasteiger partial charge in [0, 0.05) is 31.4 Å². The molecule has 1 aliphatic rings. The fourth-order valence-electron chi connectivity index (χ4n) is 3.33. The minimum absolute atomic E-state index is 0.746. The highest BCUT2D eigenvalue weighted by Gasteiger charge is 2.16. The maximum atomic E-state index is 5.60. The lowest BCUT2D eigenvalue weighted by Gasteiger charge is -2.29. The second-order valence-corrected chi connectivity index (χ2v) is 6.34. The molecule has 1 fully saturated rings. The molecule has 0 aliphatic carbocycles. The molecule has 2 heterocycles. The highest BCUT2D eigenvalue weighted by molar-refractivity contribution is 5.86. The molecule has 1 aromatic heterocycles. The van der Waals surface area contributed by atoms with E-state index in [4.69, 9.17) is 14.2 Å². The molecule has 0 N–H and O–H groups in total. The first-order chi connectivity index (χ1) is 12.8. The summed E-state index contributed by atoms with van der Waals surface area (Å²) in [6, 6.07) is 12.4. The number of benzene rings is 2. The van der Waals surface area contributed by atoms with E-state index in [1.807, 2.05) is 18.5 Å². The van der Waals surface area contributed by atoms with Crippen molar-refractivity contribution in [2.75, 3.05) is 45.4 Å². The number of morpholine rings is 1. The molecule has 0 atom stereocenters. The van der Waals surface area contributed by atoms with Crippen LogP contribution in [-0.2, 0) is 11.3 Å². The normalized spacial score (nSPS) is 14.6. The molecule has 1 aliphatic heterocycles. The number of hydrogen-bond donors (Lipinski definition) is 0. The zero-order valence-electron chi connectivity index (χ0n) is 15.1. The first-order valence-electron chi connectivity index (χ1n) is 8.77. The van der Waals surface area contributed by atoms with E-state index >= 15 is 0 Å². The summed E-state index contributed by atoms with van der Waals surface area (Å²) in [7, 11) is 3.37. The highest BCUT2D eigenvalue weighted by atomic mass is 16.5. The van der Waals surface area contributed by atoms with Crippen molar-refractivity contribution < 1.29 is 14.2 Å². The molecular weight excluding hydrogens is 330 g/mol. The minimum atomic E-state index is 0.746. The van der Waals surface area contributed by atoms with E-state index in [1.54, 1.807) is 14.2 Å². The Morgan fingerprint density at radius 2 is 1.81 bits per heavy atom. The van der Waals surface area contributed by atoms with Crippen LogP contribution in [0.1, 0.15) is 5.56 Å². The topological polar surface area (TPSA) is 48.8 Å². The van der Waals surface area contributed by atoms with Gasteiger partial charge < -0.3 is 23.7 Å². The van der Waals surface area contributed by atoms with Crippen LogP contribution in [0.4, 0.5) is 5.69 Å². The van der Waals surface area contributed by atoms with Crippen molar-refractivity contribution in [1.82, 2.24) is 9.55 Å². The summed E-state index contributed by atoms with van der Waals surface area (Å²) in [4.78, 5) is 6.91. The van der Waals surface area contributed by atoms with Crippen LogP contribution < -0.4 is 14.4 Å². The van der Waals surface area contributed by atoms with E-state index in [1.165, 1.54) is 5.56 Å². The van der Waals surface area contributed by atoms with Crippen LogP contribution in [0.25, 0.3) is 11.0 Å². The zero-order valence-corrected chi connectivity index (χ0v) is 15.1. The van der Waals surface area contributed by atoms with E-state index in [2.05, 4.69) is 38.7 Å². The Hall–Kier alpha value is -2.73. The number of imidazole rings is 1. The number of fused-ring (bicyclic) bond motifs is 1. The second kappa shape index (κ2) is 7.25. The number of rotatable bonds is 5. The second-order valence-electron chi connectivity index (χ2n) is 6.34. The average molecular weight is 353 g/mol. The van der Waals surface area contributed by atoms with Gasteiger partial charge in [0.1, 0.15) is 17.0 Å². The number of nitrogens with zero attached hydrogens (tertiary/aromatic N) is 3. The molecule has 0 unspecified atom stereocenters. The van der Waals surface area contributed by atoms with Crippen LogP contribution >= 0.6 is 0 Å². The van der Waals surface area contributed by atoms with Crippen molar-refractivity contribution in [2.24, 2.45) is 0 Å². The van der Waals surface area contributed by atoms with Crippen LogP contribution in [0.5, 0.6) is 11.5 Å². The van der Waals surface area contributed by atoms with E-state index < -0.39 is 0 Å². The van der Waals surface area contributed by atoms with Gasteiger partial charge in [0.25, 0.3) is 0 Å². The molecule has 2 aromatic carbocycles. The lowest BCUT2D eigenvalue weighted by Crippen LogP contribution is -2.36. The maximum absolute atomic E-state index is 5.60. The average Bonchev–Trinajstić information content (AvgIpc) is 3.11. The Bertz CT molecular complexity index is 883. The van der Waals surface area contributed by atoms with Gasteiger partial charge >= 0.3 is 0 Å². The molecular formula is C20H23N3O3. The molecule has 4 rings (SSSR count). The van der Waals surface area contributed by atoms with E-state index in [-0.39, 0.29) is 0 Å². The van der Waals surface area contributed by atoms with Crippen molar-refractivity contribution in [3.63, 3.8) is 0 Å². The zero-order chi connectivity index (χ0) is 17.9. The van der Waals surface area contributed by atoms with Gasteiger partial charge in [-0.25, -0.2) is 4.98 Å². The van der Waals surface area contributed by atoms with Gasteiger partial charge in [0.05, 0.1) is 39.3 Å². The lowest BCUT2D eigenvalue weighted by atomic mass is 10.2. The fourth-order valence-corrected chi connectivity index (χ4v) is 3.33. The third kappa shape index (κ3) is 3.20. The van der Waals surface area contributed by atoms with Crippen LogP contribution in [0.2, 0.25) is 0 Å². The first kappa shape index (κ1) is 16.7. The predicted octanol–water partition coefficient (Wildman–Crippen LogP) is 2.94. The predicted molar refractivity (Wildman–Crippen MR) is 101 cm³/mol. The number of ether oxygens (including phenoxy) is 3. The molecule has 0 saturated carbocycles. The number of aromatic nitrogens is 2. The Balaban J connectivity index is 1.70. The number of hydrogen-bond acceptors (Lipinski definition) is 5. The summed E-state index contributed by atoms with van der Waals surface area (Å²) in [5.41, 5.74) is 4.30. The molecule has 1 saturated heterocycles. The van der Waals surface area contributed by atoms with Crippen molar-refractivity contribution in [2.45, 2.75) is 6.54 Å². The van der Waals surface area contributed by atoms with Crippen LogP contribution in [-0.4, -0.2) is 50.1 Å². The van der Waals surface area contributed by atoms with Crippen molar-refractivity contribution in [3.8, 4) is 11.5 Å². The molecule has 26 heavy (non-hydrogen) atoms. The van der Waals surface area contributed by atoms with Crippen molar-refractivity contribution >= 4 is 16.7 Å². The fraction of sp³-hybridized carbons (Fsp3) is 0.350. The third-order valence-electron chi connectivity index (χ3n) is 4.78. The monoisotopic (exact) mass is 353 g/mol. The molecule has 0 spiro atoms. The van der Waals surface area contributed by atoms with Crippen LogP contribution in [0, 0.1) is 0 Å². The number of anilines is 1. The van der Waals surface area contributed by atoms with Gasteiger partial charge in [-0.2, -0.15) is 0 Å². The highest BCUT2D eigenvalue weighted by Crippen LogP contribution is 2.31. The van der Waals surface area contributed by atoms with E-state index in [0.29, 0.717) is 0 Å². The molecule has 6 nitrogen and oxygen atoms in total. The Morgan fingerprint density at radius 3 is 2.50 bits per heavy atom. The van der Waals surface area contributed by atoms with Crippen LogP contribution in [0.3, 0.4) is 0 Å². The molecule has 0 amide bonds. The standard InChI is InChI=1S/C20H23N3O3/c1-24-17-5-3-15(4-6-17)13-23-14-21-20-18(23)11-16(12-19(20)25-2)22-7-9-26-10-8-22/h3-6,11-12,14H,7-10,13H2,1-2H3. The summed E-state index contributed by atoms with van der Waals surface area (Å²) >= 11 is 0. The number of methoxy groups -OCH3 is 2. The smallest absolute Gasteiger partial charge is 0.148 e. The van der Waals surface area contributed by atoms with Gasteiger partial charge in [-0.15, -0.1) is 0 Å². The Morgan fingerprint density at radius 1 is 1.04 bits per heavy atom. The molecule has 6 heteroatoms. The lowest BCUT2D eigenvalue weighted by molar-refractivity contribution is 0.122. The van der Waals surface area contributed by atoms with Gasteiger partial charge in [-0.1, -0.05) is 12.1 Å². The molecule has 136 valence electrons. The Labute approximate surface area is 152 Å². The third-order valence-corrected chi connectivity index (χ3v) is 4.78. The summed E-state index contributed by atoms with van der Waals surface area (Å²) in [5.74, 6) is 1.66. The summed E-state index contributed by atoms with van der Waals surface area (Å²) in [6.07, 6.45) is 1.88. The minimum Gasteiger partial charge on any atom is -0.497 e. The van der Waals surface area contributed by atoms with Gasteiger partial charge in [-0.05, 0) is 23.8 Å². The van der Waals surface area contributed by atoms with Crippen molar-refractivity contribution in [3.05, 3.63) is 48.3 Å². The molecule has 3 aromatic rings. The molecule has 0 bridgehead atoms. The summed E-state index contributed by atoms with van der Waals surface area (Å²) in [5, 5.41) is 0. The van der Waals surface area contributed by atoms with E-state index in [9.17, 15) is 0 Å². The SMILES string of the molecule is COc1ccc(Cn2cnc3c(OC)cc(N4CCOCC4)cc32)cc1. The summed E-state index contributed by atoms with van der Waals surface area (Å²) in [6.45, 7) is 4.04. The van der Waals surface area contributed by atoms with Crippen molar-refractivity contribution in [1.29, 1.82) is 0 Å². The largest absolute Gasteiger partial charge is 0.497 e. The first-order valence-corrected chi connectivity index (χ1v) is 8.77. The van der Waals surface area contributed by atoms with Gasteiger partial charge in [0.15, 0.2) is 0 Å². The quantitative estimate of drug-likeness (QED) is 0.706.